The van der Waals surface area contributed by atoms with Crippen molar-refractivity contribution >= 4 is 40.2 Å². The number of allylic oxidation sites excluding steroid dienone is 1. The maximum atomic E-state index is 12.8. The lowest BCUT2D eigenvalue weighted by Crippen LogP contribution is -2.45. The topological polar surface area (TPSA) is 49.9 Å². The third-order valence-corrected chi connectivity index (χ3v) is 6.52. The molecule has 5 nitrogen and oxygen atoms in total. The zero-order valence-corrected chi connectivity index (χ0v) is 19.4. The summed E-state index contributed by atoms with van der Waals surface area (Å²) in [5, 5.41) is -0.275. The van der Waals surface area contributed by atoms with Gasteiger partial charge in [-0.15, -0.1) is 6.58 Å². The van der Waals surface area contributed by atoms with Crippen molar-refractivity contribution in [2.45, 2.75) is 52.6 Å². The monoisotopic (exact) mass is 426 g/mol. The lowest BCUT2D eigenvalue weighted by molar-refractivity contribution is -0.123. The van der Waals surface area contributed by atoms with Gasteiger partial charge in [0.05, 0.1) is 23.6 Å². The molecule has 6 heteroatoms. The van der Waals surface area contributed by atoms with Crippen molar-refractivity contribution in [2.75, 3.05) is 18.6 Å². The van der Waals surface area contributed by atoms with Crippen molar-refractivity contribution < 1.29 is 14.3 Å². The first-order chi connectivity index (χ1) is 14.1. The van der Waals surface area contributed by atoms with Crippen LogP contribution in [-0.4, -0.2) is 41.3 Å². The van der Waals surface area contributed by atoms with Crippen LogP contribution in [0.2, 0.25) is 0 Å². The summed E-state index contributed by atoms with van der Waals surface area (Å²) in [4.78, 5) is 29.2. The molecule has 160 valence electrons. The van der Waals surface area contributed by atoms with Gasteiger partial charge in [-0.1, -0.05) is 19.1 Å². The van der Waals surface area contributed by atoms with Crippen LogP contribution in [0.4, 0.5) is 10.5 Å². The number of hydrogen-bond donors (Lipinski definition) is 0. The predicted octanol–water partition coefficient (Wildman–Crippen LogP) is 5.72. The number of methoxy groups -OCH3 is 1. The largest absolute Gasteiger partial charge is 0.496 e. The second-order valence-corrected chi connectivity index (χ2v) is 9.27. The Morgan fingerprint density at radius 3 is 2.60 bits per heavy atom. The number of hydrogen-bond acceptors (Lipinski definition) is 5. The fraction of sp³-hybridized carbons (Fsp3) is 0.417. The molecule has 0 bridgehead atoms. The number of thioether (sulfide) groups is 1. The molecule has 2 aliphatic heterocycles. The fourth-order valence-electron chi connectivity index (χ4n) is 4.12. The van der Waals surface area contributed by atoms with Gasteiger partial charge in [-0.3, -0.25) is 14.5 Å². The van der Waals surface area contributed by atoms with Crippen LogP contribution in [0.3, 0.4) is 0 Å². The van der Waals surface area contributed by atoms with Crippen LogP contribution in [0.15, 0.2) is 35.8 Å². The molecular weight excluding hydrogens is 396 g/mol. The minimum Gasteiger partial charge on any atom is -0.496 e. The molecule has 1 saturated heterocycles. The summed E-state index contributed by atoms with van der Waals surface area (Å²) in [6.07, 6.45) is 6.67. The van der Waals surface area contributed by atoms with Gasteiger partial charge in [0.1, 0.15) is 5.75 Å². The molecule has 0 aliphatic carbocycles. The summed E-state index contributed by atoms with van der Waals surface area (Å²) in [6, 6.07) is 3.76. The Labute approximate surface area is 183 Å². The van der Waals surface area contributed by atoms with Crippen LogP contribution in [0.1, 0.15) is 52.2 Å². The Balaban J connectivity index is 2.10. The minimum absolute atomic E-state index is 0.0941. The molecule has 1 fully saturated rings. The van der Waals surface area contributed by atoms with Crippen molar-refractivity contribution in [2.24, 2.45) is 0 Å². The molecular formula is C24H30N2O3S. The summed E-state index contributed by atoms with van der Waals surface area (Å²) in [6.45, 7) is 15.1. The van der Waals surface area contributed by atoms with Crippen LogP contribution in [0, 0.1) is 0 Å². The highest BCUT2D eigenvalue weighted by Gasteiger charge is 2.38. The normalized spacial score (nSPS) is 20.3. The molecule has 2 aliphatic rings. The van der Waals surface area contributed by atoms with Gasteiger partial charge in [-0.05, 0) is 63.6 Å². The molecule has 0 saturated carbocycles. The number of rotatable bonds is 6. The Hall–Kier alpha value is -2.47. The standard InChI is InChI=1S/C24H30N2O3S/c1-8-10-25-19-13-20(29-7)17(11-18(19)15(3)14-24(25,5)6)12-21-22(27)26(16(4)9-2)23(28)30-21/h9,11-14,16H,2,8,10H2,1,3-7H3/b21-12+. The average Bonchev–Trinajstić information content (AvgIpc) is 2.97. The molecule has 0 N–H and O–H groups in total. The first kappa shape index (κ1) is 22.2. The van der Waals surface area contributed by atoms with Crippen molar-refractivity contribution in [3.63, 3.8) is 0 Å². The van der Waals surface area contributed by atoms with Crippen molar-refractivity contribution in [1.29, 1.82) is 0 Å². The van der Waals surface area contributed by atoms with E-state index in [4.69, 9.17) is 4.74 Å². The Morgan fingerprint density at radius 1 is 1.30 bits per heavy atom. The van der Waals surface area contributed by atoms with Crippen LogP contribution in [-0.2, 0) is 4.79 Å². The molecule has 0 radical (unpaired) electrons. The number of benzene rings is 1. The predicted molar refractivity (Wildman–Crippen MR) is 126 cm³/mol. The number of carbonyl (C=O) groups excluding carboxylic acids is 2. The van der Waals surface area contributed by atoms with Gasteiger partial charge in [0.15, 0.2) is 0 Å². The zero-order valence-electron chi connectivity index (χ0n) is 18.6. The maximum absolute atomic E-state index is 12.8. The molecule has 1 atom stereocenters. The maximum Gasteiger partial charge on any atom is 0.294 e. The highest BCUT2D eigenvalue weighted by Crippen LogP contribution is 2.43. The molecule has 0 spiro atoms. The van der Waals surface area contributed by atoms with Gasteiger partial charge in [-0.2, -0.15) is 0 Å². The number of ether oxygens (including phenoxy) is 1. The van der Waals surface area contributed by atoms with Crippen LogP contribution >= 0.6 is 11.8 Å². The van der Waals surface area contributed by atoms with Gasteiger partial charge in [0.2, 0.25) is 0 Å². The number of carbonyl (C=O) groups is 2. The highest BCUT2D eigenvalue weighted by atomic mass is 32.2. The number of anilines is 1. The summed E-state index contributed by atoms with van der Waals surface area (Å²) < 4.78 is 5.68. The summed E-state index contributed by atoms with van der Waals surface area (Å²) in [7, 11) is 1.63. The minimum atomic E-state index is -0.344. The number of amides is 2. The van der Waals surface area contributed by atoms with Gasteiger partial charge in [-0.25, -0.2) is 0 Å². The van der Waals surface area contributed by atoms with Gasteiger partial charge in [0.25, 0.3) is 11.1 Å². The van der Waals surface area contributed by atoms with E-state index in [0.29, 0.717) is 10.7 Å². The van der Waals surface area contributed by atoms with E-state index in [1.54, 1.807) is 26.2 Å². The van der Waals surface area contributed by atoms with E-state index in [0.717, 1.165) is 41.5 Å². The average molecular weight is 427 g/mol. The smallest absolute Gasteiger partial charge is 0.294 e. The number of imide groups is 1. The lowest BCUT2D eigenvalue weighted by atomic mass is 9.87. The summed E-state index contributed by atoms with van der Waals surface area (Å²) in [5.74, 6) is 0.391. The first-order valence-electron chi connectivity index (χ1n) is 10.2. The number of fused-ring (bicyclic) bond motifs is 1. The fourth-order valence-corrected chi connectivity index (χ4v) is 5.03. The second-order valence-electron chi connectivity index (χ2n) is 8.27. The SMILES string of the molecule is C=CC(C)N1C(=O)S/C(=C/c2cc3c(cc2OC)N(CCC)C(C)(C)C=C3C)C1=O. The van der Waals surface area contributed by atoms with Crippen LogP contribution in [0.25, 0.3) is 11.6 Å². The molecule has 2 amide bonds. The lowest BCUT2D eigenvalue weighted by Gasteiger charge is -2.43. The zero-order chi connectivity index (χ0) is 22.2. The van der Waals surface area contributed by atoms with Crippen LogP contribution < -0.4 is 9.64 Å². The van der Waals surface area contributed by atoms with E-state index in [2.05, 4.69) is 51.3 Å². The molecule has 3 rings (SSSR count). The third-order valence-electron chi connectivity index (χ3n) is 5.63. The Kier molecular flexibility index (Phi) is 6.18. The molecule has 1 aromatic rings. The van der Waals surface area contributed by atoms with Crippen molar-refractivity contribution in [1.82, 2.24) is 4.90 Å². The van der Waals surface area contributed by atoms with E-state index in [-0.39, 0.29) is 22.7 Å². The molecule has 0 aromatic heterocycles. The second kappa shape index (κ2) is 8.34. The summed E-state index contributed by atoms with van der Waals surface area (Å²) >= 11 is 0.956. The van der Waals surface area contributed by atoms with Gasteiger partial charge < -0.3 is 9.64 Å². The first-order valence-corrected chi connectivity index (χ1v) is 11.0. The Morgan fingerprint density at radius 2 is 2.00 bits per heavy atom. The van der Waals surface area contributed by atoms with Crippen LogP contribution in [0.5, 0.6) is 5.75 Å². The van der Waals surface area contributed by atoms with E-state index in [1.165, 1.54) is 10.5 Å². The van der Waals surface area contributed by atoms with Gasteiger partial charge >= 0.3 is 0 Å². The van der Waals surface area contributed by atoms with Crippen molar-refractivity contribution in [3.8, 4) is 5.75 Å². The quantitative estimate of drug-likeness (QED) is 0.430. The molecule has 1 aromatic carbocycles. The highest BCUT2D eigenvalue weighted by molar-refractivity contribution is 8.18. The Bertz CT molecular complexity index is 961. The van der Waals surface area contributed by atoms with E-state index in [1.807, 2.05) is 6.07 Å². The van der Waals surface area contributed by atoms with E-state index in [9.17, 15) is 9.59 Å². The van der Waals surface area contributed by atoms with E-state index < -0.39 is 0 Å². The van der Waals surface area contributed by atoms with Crippen molar-refractivity contribution in [3.05, 3.63) is 46.9 Å². The summed E-state index contributed by atoms with van der Waals surface area (Å²) in [5.41, 5.74) is 4.13. The number of nitrogens with zero attached hydrogens (tertiary/aromatic N) is 2. The van der Waals surface area contributed by atoms with E-state index >= 15 is 0 Å². The molecule has 1 unspecified atom stereocenters. The molecule has 30 heavy (non-hydrogen) atoms. The van der Waals surface area contributed by atoms with Gasteiger partial charge in [0, 0.05) is 29.4 Å². The molecule has 2 heterocycles. The third kappa shape index (κ3) is 3.81.